The largest absolute Gasteiger partial charge is 0.496 e. The van der Waals surface area contributed by atoms with Crippen LogP contribution in [-0.2, 0) is 14.3 Å². The Balaban J connectivity index is 1.75. The summed E-state index contributed by atoms with van der Waals surface area (Å²) >= 11 is 1.45. The van der Waals surface area contributed by atoms with Crippen LogP contribution < -0.4 is 10.1 Å². The molecule has 1 atom stereocenters. The van der Waals surface area contributed by atoms with Crippen molar-refractivity contribution < 1.29 is 19.1 Å². The summed E-state index contributed by atoms with van der Waals surface area (Å²) in [7, 11) is 2.96. The molecule has 0 aromatic heterocycles. The van der Waals surface area contributed by atoms with Crippen molar-refractivity contribution in [3.63, 3.8) is 0 Å². The lowest BCUT2D eigenvalue weighted by atomic mass is 9.93. The van der Waals surface area contributed by atoms with Crippen LogP contribution in [0.4, 0.5) is 0 Å². The summed E-state index contributed by atoms with van der Waals surface area (Å²) in [6.45, 7) is 1.80. The number of aliphatic imine (C=N–C) groups is 1. The molecule has 29 heavy (non-hydrogen) atoms. The van der Waals surface area contributed by atoms with Gasteiger partial charge in [0, 0.05) is 17.3 Å². The molecule has 7 nitrogen and oxygen atoms in total. The summed E-state index contributed by atoms with van der Waals surface area (Å²) in [6, 6.07) is 7.38. The predicted molar refractivity (Wildman–Crippen MR) is 111 cm³/mol. The molecule has 1 saturated carbocycles. The van der Waals surface area contributed by atoms with E-state index in [1.54, 1.807) is 14.0 Å². The first-order valence-electron chi connectivity index (χ1n) is 9.48. The fourth-order valence-electron chi connectivity index (χ4n) is 3.60. The second-order valence-corrected chi connectivity index (χ2v) is 7.98. The zero-order valence-electron chi connectivity index (χ0n) is 16.6. The van der Waals surface area contributed by atoms with E-state index in [-0.39, 0.29) is 12.3 Å². The topological polar surface area (TPSA) is 80.2 Å². The molecule has 8 heteroatoms. The number of hydrogen-bond donors (Lipinski definition) is 1. The molecule has 2 aliphatic heterocycles. The number of rotatable bonds is 6. The molecule has 2 heterocycles. The van der Waals surface area contributed by atoms with E-state index < -0.39 is 12.0 Å². The number of allylic oxidation sites excluding steroid dienone is 1. The van der Waals surface area contributed by atoms with Crippen LogP contribution in [0.1, 0.15) is 37.8 Å². The fraction of sp³-hybridized carbons (Fsp3) is 0.381. The average molecular weight is 413 g/mol. The van der Waals surface area contributed by atoms with E-state index in [1.165, 1.54) is 18.9 Å². The number of nitrogens with zero attached hydrogens (tertiary/aromatic N) is 2. The van der Waals surface area contributed by atoms with Crippen molar-refractivity contribution in [3.05, 3.63) is 52.2 Å². The van der Waals surface area contributed by atoms with E-state index in [0.717, 1.165) is 29.3 Å². The molecule has 0 unspecified atom stereocenters. The number of para-hydroxylation sites is 1. The third kappa shape index (κ3) is 3.76. The molecule has 0 bridgehead atoms. The van der Waals surface area contributed by atoms with Crippen LogP contribution in [0.2, 0.25) is 0 Å². The van der Waals surface area contributed by atoms with Gasteiger partial charge in [-0.25, -0.2) is 9.79 Å². The number of benzene rings is 1. The van der Waals surface area contributed by atoms with Crippen molar-refractivity contribution in [2.24, 2.45) is 4.99 Å². The maximum atomic E-state index is 12.7. The monoisotopic (exact) mass is 413 g/mol. The molecule has 1 fully saturated rings. The maximum absolute atomic E-state index is 12.7. The van der Waals surface area contributed by atoms with Gasteiger partial charge in [-0.15, -0.1) is 0 Å². The van der Waals surface area contributed by atoms with Gasteiger partial charge in [0.25, 0.3) is 0 Å². The smallest absolute Gasteiger partial charge is 0.338 e. The van der Waals surface area contributed by atoms with E-state index >= 15 is 0 Å². The van der Waals surface area contributed by atoms with Crippen LogP contribution in [0.15, 0.2) is 51.6 Å². The van der Waals surface area contributed by atoms with Gasteiger partial charge in [0.1, 0.15) is 5.75 Å². The summed E-state index contributed by atoms with van der Waals surface area (Å²) in [4.78, 5) is 31.7. The van der Waals surface area contributed by atoms with E-state index in [4.69, 9.17) is 9.47 Å². The highest BCUT2D eigenvalue weighted by Gasteiger charge is 2.42. The Morgan fingerprint density at radius 3 is 2.72 bits per heavy atom. The summed E-state index contributed by atoms with van der Waals surface area (Å²) in [5.74, 6) is 0.191. The van der Waals surface area contributed by atoms with E-state index in [1.807, 2.05) is 34.6 Å². The number of methoxy groups -OCH3 is 2. The second kappa shape index (κ2) is 7.94. The fourth-order valence-corrected chi connectivity index (χ4v) is 4.56. The number of amides is 1. The highest BCUT2D eigenvalue weighted by molar-refractivity contribution is 8.16. The van der Waals surface area contributed by atoms with Crippen LogP contribution in [0.25, 0.3) is 0 Å². The summed E-state index contributed by atoms with van der Waals surface area (Å²) in [5.41, 5.74) is 2.66. The molecule has 0 radical (unpaired) electrons. The highest BCUT2D eigenvalue weighted by Crippen LogP contribution is 2.46. The summed E-state index contributed by atoms with van der Waals surface area (Å²) < 4.78 is 10.6. The number of carbonyl (C=O) groups is 2. The van der Waals surface area contributed by atoms with Gasteiger partial charge in [-0.2, -0.15) is 0 Å². The minimum absolute atomic E-state index is 0.0229. The molecule has 152 valence electrons. The Hall–Kier alpha value is -2.74. The number of amidine groups is 1. The molecule has 1 N–H and O–H groups in total. The molecule has 3 aliphatic rings. The minimum Gasteiger partial charge on any atom is -0.496 e. The van der Waals surface area contributed by atoms with Crippen molar-refractivity contribution in [1.82, 2.24) is 10.2 Å². The first-order valence-corrected chi connectivity index (χ1v) is 10.4. The SMILES string of the molecule is COC(=O)C1=C(C)N=C2SC=C(CC(=O)NC3CC3)N2[C@H]1c1ccccc1OC. The number of ether oxygens (including phenoxy) is 2. The number of nitrogens with one attached hydrogen (secondary N) is 1. The van der Waals surface area contributed by atoms with Gasteiger partial charge in [0.2, 0.25) is 5.91 Å². The molecule has 1 aromatic carbocycles. The lowest BCUT2D eigenvalue weighted by Gasteiger charge is -2.36. The molecule has 0 spiro atoms. The number of esters is 1. The van der Waals surface area contributed by atoms with Crippen LogP contribution in [0.5, 0.6) is 5.75 Å². The van der Waals surface area contributed by atoms with Gasteiger partial charge in [-0.1, -0.05) is 30.0 Å². The van der Waals surface area contributed by atoms with Crippen molar-refractivity contribution in [1.29, 1.82) is 0 Å². The minimum atomic E-state index is -0.485. The van der Waals surface area contributed by atoms with E-state index in [0.29, 0.717) is 23.1 Å². The Kier molecular flexibility index (Phi) is 5.36. The van der Waals surface area contributed by atoms with Gasteiger partial charge in [-0.05, 0) is 31.2 Å². The normalized spacial score (nSPS) is 20.7. The third-order valence-corrected chi connectivity index (χ3v) is 6.01. The lowest BCUT2D eigenvalue weighted by Crippen LogP contribution is -2.38. The Bertz CT molecular complexity index is 949. The van der Waals surface area contributed by atoms with Crippen LogP contribution in [0.3, 0.4) is 0 Å². The van der Waals surface area contributed by atoms with Crippen molar-refractivity contribution in [2.45, 2.75) is 38.3 Å². The number of thioether (sulfide) groups is 1. The van der Waals surface area contributed by atoms with Crippen LogP contribution in [-0.4, -0.2) is 42.2 Å². The predicted octanol–water partition coefficient (Wildman–Crippen LogP) is 3.11. The highest BCUT2D eigenvalue weighted by atomic mass is 32.2. The van der Waals surface area contributed by atoms with Gasteiger partial charge in [-0.3, -0.25) is 4.79 Å². The molecule has 1 aromatic rings. The van der Waals surface area contributed by atoms with Gasteiger partial charge in [0.15, 0.2) is 5.17 Å². The van der Waals surface area contributed by atoms with Crippen LogP contribution in [0, 0.1) is 0 Å². The first kappa shape index (κ1) is 19.6. The molecule has 1 amide bonds. The Morgan fingerprint density at radius 1 is 1.28 bits per heavy atom. The maximum Gasteiger partial charge on any atom is 0.338 e. The van der Waals surface area contributed by atoms with Crippen molar-refractivity contribution in [3.8, 4) is 5.75 Å². The number of carbonyl (C=O) groups excluding carboxylic acids is 2. The molecular formula is C21H23N3O4S. The zero-order valence-corrected chi connectivity index (χ0v) is 17.4. The van der Waals surface area contributed by atoms with Gasteiger partial charge in [0.05, 0.1) is 38.0 Å². The summed E-state index contributed by atoms with van der Waals surface area (Å²) in [5, 5.41) is 5.69. The number of hydrogen-bond acceptors (Lipinski definition) is 7. The first-order chi connectivity index (χ1) is 14.0. The van der Waals surface area contributed by atoms with Crippen molar-refractivity contribution in [2.75, 3.05) is 14.2 Å². The average Bonchev–Trinajstić information content (AvgIpc) is 3.45. The Morgan fingerprint density at radius 2 is 2.03 bits per heavy atom. The Labute approximate surface area is 173 Å². The number of fused-ring (bicyclic) bond motifs is 1. The van der Waals surface area contributed by atoms with Gasteiger partial charge >= 0.3 is 5.97 Å². The van der Waals surface area contributed by atoms with Gasteiger partial charge < -0.3 is 19.7 Å². The standard InChI is InChI=1S/C21H23N3O4S/c1-12-18(20(26)28-3)19(15-6-4-5-7-16(15)27-2)24-14(11-29-21(24)22-12)10-17(25)23-13-8-9-13/h4-7,11,13,19H,8-10H2,1-3H3,(H,23,25)/t19-/m0/s1. The molecule has 1 aliphatic carbocycles. The van der Waals surface area contributed by atoms with E-state index in [2.05, 4.69) is 10.3 Å². The second-order valence-electron chi connectivity index (χ2n) is 7.15. The quantitative estimate of drug-likeness (QED) is 0.722. The van der Waals surface area contributed by atoms with E-state index in [9.17, 15) is 9.59 Å². The van der Waals surface area contributed by atoms with Crippen molar-refractivity contribution >= 4 is 28.8 Å². The molecular weight excluding hydrogens is 390 g/mol. The lowest BCUT2D eigenvalue weighted by molar-refractivity contribution is -0.136. The summed E-state index contributed by atoms with van der Waals surface area (Å²) in [6.07, 6.45) is 2.30. The molecule has 4 rings (SSSR count). The zero-order chi connectivity index (χ0) is 20.5. The third-order valence-electron chi connectivity index (χ3n) is 5.12. The van der Waals surface area contributed by atoms with Crippen LogP contribution >= 0.6 is 11.8 Å². The molecule has 0 saturated heterocycles.